The molecule has 15 heavy (non-hydrogen) atoms. The summed E-state index contributed by atoms with van der Waals surface area (Å²) >= 11 is 3.97. The van der Waals surface area contributed by atoms with Gasteiger partial charge in [-0.15, -0.1) is 0 Å². The molecule has 0 fully saturated rings. The molecule has 4 heteroatoms. The van der Waals surface area contributed by atoms with Gasteiger partial charge in [-0.05, 0) is 13.0 Å². The predicted molar refractivity (Wildman–Crippen MR) is 60.9 cm³/mol. The van der Waals surface area contributed by atoms with Crippen molar-refractivity contribution in [1.29, 1.82) is 0 Å². The summed E-state index contributed by atoms with van der Waals surface area (Å²) in [5, 5.41) is 0. The number of esters is 1. The minimum absolute atomic E-state index is 0.353. The van der Waals surface area contributed by atoms with E-state index in [1.54, 1.807) is 19.2 Å². The van der Waals surface area contributed by atoms with E-state index in [2.05, 4.69) is 29.5 Å². The summed E-state index contributed by atoms with van der Waals surface area (Å²) in [7, 11) is 0. The Morgan fingerprint density at radius 1 is 1.60 bits per heavy atom. The number of hydrogen-bond acceptors (Lipinski definition) is 4. The average molecular weight is 221 g/mol. The van der Waals surface area contributed by atoms with Crippen molar-refractivity contribution < 1.29 is 9.53 Å². The highest BCUT2D eigenvalue weighted by molar-refractivity contribution is 7.80. The quantitative estimate of drug-likeness (QED) is 0.468. The molecule has 78 valence electrons. The molecule has 0 aliphatic carbocycles. The second-order valence-electron chi connectivity index (χ2n) is 2.64. The Bertz CT molecular complexity index is 407. The summed E-state index contributed by atoms with van der Waals surface area (Å²) in [6.07, 6.45) is 3.06. The van der Waals surface area contributed by atoms with Crippen molar-refractivity contribution in [3.8, 4) is 11.8 Å². The van der Waals surface area contributed by atoms with Gasteiger partial charge in [-0.25, -0.2) is 4.79 Å². The third-order valence-corrected chi connectivity index (χ3v) is 1.72. The second-order valence-corrected chi connectivity index (χ2v) is 2.96. The Balaban J connectivity index is 2.87. The normalized spacial score (nSPS) is 8.93. The number of ether oxygens (including phenoxy) is 1. The zero-order valence-corrected chi connectivity index (χ0v) is 9.25. The van der Waals surface area contributed by atoms with Crippen molar-refractivity contribution in [3.05, 3.63) is 29.6 Å². The molecule has 0 unspecified atom stereocenters. The van der Waals surface area contributed by atoms with Crippen LogP contribution in [-0.2, 0) is 4.74 Å². The minimum Gasteiger partial charge on any atom is -0.462 e. The molecule has 0 bridgehead atoms. The van der Waals surface area contributed by atoms with Crippen molar-refractivity contribution in [3.63, 3.8) is 0 Å². The minimum atomic E-state index is -0.375. The van der Waals surface area contributed by atoms with Crippen LogP contribution < -0.4 is 0 Å². The topological polar surface area (TPSA) is 39.2 Å². The fourth-order valence-corrected chi connectivity index (χ4v) is 1.06. The molecule has 0 saturated carbocycles. The number of pyridine rings is 1. The summed E-state index contributed by atoms with van der Waals surface area (Å²) < 4.78 is 4.85. The first kappa shape index (κ1) is 11.6. The third-order valence-electron chi connectivity index (χ3n) is 1.56. The van der Waals surface area contributed by atoms with E-state index in [1.807, 2.05) is 0 Å². The van der Waals surface area contributed by atoms with E-state index in [0.717, 1.165) is 0 Å². The van der Waals surface area contributed by atoms with Crippen LogP contribution in [0.1, 0.15) is 22.8 Å². The maximum absolute atomic E-state index is 11.3. The van der Waals surface area contributed by atoms with E-state index >= 15 is 0 Å². The Morgan fingerprint density at radius 3 is 3.07 bits per heavy atom. The van der Waals surface area contributed by atoms with Crippen LogP contribution in [-0.4, -0.2) is 23.3 Å². The van der Waals surface area contributed by atoms with Gasteiger partial charge in [-0.1, -0.05) is 11.8 Å². The number of aromatic nitrogens is 1. The lowest BCUT2D eigenvalue weighted by Gasteiger charge is -2.00. The molecule has 1 aromatic rings. The van der Waals surface area contributed by atoms with Gasteiger partial charge in [0.2, 0.25) is 0 Å². The van der Waals surface area contributed by atoms with Crippen LogP contribution in [0.2, 0.25) is 0 Å². The van der Waals surface area contributed by atoms with Crippen LogP contribution in [0.15, 0.2) is 18.5 Å². The maximum atomic E-state index is 11.3. The average Bonchev–Trinajstić information content (AvgIpc) is 2.27. The lowest BCUT2D eigenvalue weighted by atomic mass is 10.2. The lowest BCUT2D eigenvalue weighted by Crippen LogP contribution is -2.05. The number of carbonyl (C=O) groups is 1. The van der Waals surface area contributed by atoms with Crippen LogP contribution in [0.25, 0.3) is 0 Å². The molecule has 3 nitrogen and oxygen atoms in total. The van der Waals surface area contributed by atoms with Crippen molar-refractivity contribution >= 4 is 18.6 Å². The van der Waals surface area contributed by atoms with Gasteiger partial charge in [0.05, 0.1) is 17.9 Å². The molecule has 0 aromatic carbocycles. The summed E-state index contributed by atoms with van der Waals surface area (Å²) in [5.74, 6) is 5.72. The molecule has 1 heterocycles. The van der Waals surface area contributed by atoms with Gasteiger partial charge in [0.1, 0.15) is 0 Å². The SMILES string of the molecule is CCOC(=O)c1cncc(C#CCS)c1. The monoisotopic (exact) mass is 221 g/mol. The molecule has 0 amide bonds. The van der Waals surface area contributed by atoms with E-state index in [-0.39, 0.29) is 5.97 Å². The molecular weight excluding hydrogens is 210 g/mol. The first-order valence-corrected chi connectivity index (χ1v) is 5.13. The van der Waals surface area contributed by atoms with Crippen molar-refractivity contribution in [2.24, 2.45) is 0 Å². The molecule has 0 radical (unpaired) electrons. The molecule has 0 spiro atoms. The first-order valence-electron chi connectivity index (χ1n) is 4.49. The molecule has 0 saturated heterocycles. The van der Waals surface area contributed by atoms with E-state index in [4.69, 9.17) is 4.74 Å². The number of nitrogens with zero attached hydrogens (tertiary/aromatic N) is 1. The fourth-order valence-electron chi connectivity index (χ4n) is 0.976. The maximum Gasteiger partial charge on any atom is 0.339 e. The van der Waals surface area contributed by atoms with Gasteiger partial charge in [0.15, 0.2) is 0 Å². The van der Waals surface area contributed by atoms with Crippen LogP contribution in [0.5, 0.6) is 0 Å². The van der Waals surface area contributed by atoms with Gasteiger partial charge in [-0.2, -0.15) is 12.6 Å². The number of carbonyl (C=O) groups excluding carboxylic acids is 1. The largest absolute Gasteiger partial charge is 0.462 e. The lowest BCUT2D eigenvalue weighted by molar-refractivity contribution is 0.0526. The van der Waals surface area contributed by atoms with Gasteiger partial charge in [0.25, 0.3) is 0 Å². The molecular formula is C11H11NO2S. The van der Waals surface area contributed by atoms with Crippen LogP contribution in [0, 0.1) is 11.8 Å². The van der Waals surface area contributed by atoms with E-state index in [0.29, 0.717) is 23.5 Å². The van der Waals surface area contributed by atoms with Crippen LogP contribution >= 0.6 is 12.6 Å². The van der Waals surface area contributed by atoms with Gasteiger partial charge in [-0.3, -0.25) is 4.98 Å². The highest BCUT2D eigenvalue weighted by Crippen LogP contribution is 2.03. The third kappa shape index (κ3) is 3.64. The van der Waals surface area contributed by atoms with Crippen molar-refractivity contribution in [1.82, 2.24) is 4.98 Å². The Kier molecular flexibility index (Phi) is 4.72. The van der Waals surface area contributed by atoms with Gasteiger partial charge < -0.3 is 4.74 Å². The smallest absolute Gasteiger partial charge is 0.339 e. The highest BCUT2D eigenvalue weighted by atomic mass is 32.1. The highest BCUT2D eigenvalue weighted by Gasteiger charge is 2.06. The molecule has 0 atom stereocenters. The predicted octanol–water partition coefficient (Wildman–Crippen LogP) is 1.54. The van der Waals surface area contributed by atoms with E-state index in [9.17, 15) is 4.79 Å². The van der Waals surface area contributed by atoms with E-state index < -0.39 is 0 Å². The molecule has 0 aliphatic heterocycles. The molecule has 0 aliphatic rings. The number of hydrogen-bond donors (Lipinski definition) is 1. The zero-order chi connectivity index (χ0) is 11.1. The second kappa shape index (κ2) is 6.10. The van der Waals surface area contributed by atoms with E-state index in [1.165, 1.54) is 6.20 Å². The zero-order valence-electron chi connectivity index (χ0n) is 8.36. The first-order chi connectivity index (χ1) is 7.27. The van der Waals surface area contributed by atoms with Crippen LogP contribution in [0.4, 0.5) is 0 Å². The van der Waals surface area contributed by atoms with Gasteiger partial charge in [0, 0.05) is 18.0 Å². The van der Waals surface area contributed by atoms with Crippen molar-refractivity contribution in [2.45, 2.75) is 6.92 Å². The van der Waals surface area contributed by atoms with Gasteiger partial charge >= 0.3 is 5.97 Å². The fraction of sp³-hybridized carbons (Fsp3) is 0.273. The Morgan fingerprint density at radius 2 is 2.40 bits per heavy atom. The summed E-state index contributed by atoms with van der Waals surface area (Å²) in [5.41, 5.74) is 1.11. The molecule has 1 aromatic heterocycles. The Labute approximate surface area is 94.3 Å². The number of thiol groups is 1. The Hall–Kier alpha value is -1.47. The summed E-state index contributed by atoms with van der Waals surface area (Å²) in [6.45, 7) is 2.11. The molecule has 1 rings (SSSR count). The standard InChI is InChI=1S/C11H11NO2S/c1-2-14-11(13)10-6-9(4-3-5-15)7-12-8-10/h6-8,15H,2,5H2,1H3. The summed E-state index contributed by atoms with van der Waals surface area (Å²) in [4.78, 5) is 15.3. The van der Waals surface area contributed by atoms with Crippen molar-refractivity contribution in [2.75, 3.05) is 12.4 Å². The summed E-state index contributed by atoms with van der Waals surface area (Å²) in [6, 6.07) is 1.65. The molecule has 0 N–H and O–H groups in total. The van der Waals surface area contributed by atoms with Crippen LogP contribution in [0.3, 0.4) is 0 Å². The number of rotatable bonds is 2.